The average molecular weight is 542 g/mol. The van der Waals surface area contributed by atoms with Crippen LogP contribution in [0, 0.1) is 5.92 Å². The van der Waals surface area contributed by atoms with E-state index < -0.39 is 6.10 Å². The van der Waals surface area contributed by atoms with Gasteiger partial charge in [-0.3, -0.25) is 4.90 Å². The molecule has 0 radical (unpaired) electrons. The van der Waals surface area contributed by atoms with E-state index in [0.29, 0.717) is 43.0 Å². The quantitative estimate of drug-likeness (QED) is 0.198. The number of benzene rings is 3. The molecule has 210 valence electrons. The van der Waals surface area contributed by atoms with Crippen LogP contribution in [0.5, 0.6) is 17.4 Å². The minimum Gasteiger partial charge on any atom is -0.493 e. The molecule has 0 saturated heterocycles. The van der Waals surface area contributed by atoms with Crippen LogP contribution in [0.4, 0.5) is 0 Å². The van der Waals surface area contributed by atoms with Crippen LogP contribution in [0.2, 0.25) is 0 Å². The van der Waals surface area contributed by atoms with E-state index in [2.05, 4.69) is 11.8 Å². The molecule has 0 bridgehead atoms. The summed E-state index contributed by atoms with van der Waals surface area (Å²) in [5.41, 5.74) is 4.03. The Bertz CT molecular complexity index is 1340. The lowest BCUT2D eigenvalue weighted by Crippen LogP contribution is -2.36. The van der Waals surface area contributed by atoms with Crippen LogP contribution in [0.3, 0.4) is 0 Å². The lowest BCUT2D eigenvalue weighted by atomic mass is 10.1. The van der Waals surface area contributed by atoms with E-state index in [1.807, 2.05) is 89.6 Å². The van der Waals surface area contributed by atoms with Crippen molar-refractivity contribution in [2.24, 2.45) is 5.92 Å². The second kappa shape index (κ2) is 13.6. The summed E-state index contributed by atoms with van der Waals surface area (Å²) in [4.78, 5) is 2.33. The van der Waals surface area contributed by atoms with E-state index in [9.17, 15) is 5.11 Å². The van der Waals surface area contributed by atoms with Crippen LogP contribution in [0.25, 0.3) is 5.69 Å². The van der Waals surface area contributed by atoms with Gasteiger partial charge in [-0.1, -0.05) is 67.6 Å². The monoisotopic (exact) mass is 541 g/mol. The third-order valence-corrected chi connectivity index (χ3v) is 7.12. The fraction of sp³-hybridized carbons (Fsp3) is 0.364. The van der Waals surface area contributed by atoms with Crippen molar-refractivity contribution in [3.63, 3.8) is 0 Å². The Balaban J connectivity index is 1.40. The molecule has 1 N–H and O–H groups in total. The fourth-order valence-electron chi connectivity index (χ4n) is 4.91. The summed E-state index contributed by atoms with van der Waals surface area (Å²) in [5.74, 6) is 2.62. The molecule has 0 aliphatic heterocycles. The van der Waals surface area contributed by atoms with E-state index in [0.717, 1.165) is 35.5 Å². The standard InChI is InChI=1S/C33H39N3O4/c1-3-30-29(22-35(20-25-18-19-25)21-28(37)24-39-23-26-12-6-4-7-13-26)33(36(34-30)27-14-8-5-9-15-27)40-32-17-11-10-16-31(32)38-2/h4-17,25,28,37H,3,18-24H2,1-2H3/t28-/m1/s1. The third-order valence-electron chi connectivity index (χ3n) is 7.12. The fourth-order valence-corrected chi connectivity index (χ4v) is 4.91. The summed E-state index contributed by atoms with van der Waals surface area (Å²) < 4.78 is 19.9. The highest BCUT2D eigenvalue weighted by Crippen LogP contribution is 2.37. The molecule has 1 aliphatic carbocycles. The van der Waals surface area contributed by atoms with Crippen molar-refractivity contribution in [1.29, 1.82) is 0 Å². The van der Waals surface area contributed by atoms with Gasteiger partial charge in [0.1, 0.15) is 0 Å². The first-order valence-electron chi connectivity index (χ1n) is 14.1. The molecule has 5 rings (SSSR count). The topological polar surface area (TPSA) is 69.0 Å². The summed E-state index contributed by atoms with van der Waals surface area (Å²) in [7, 11) is 1.65. The number of aliphatic hydroxyl groups excluding tert-OH is 1. The van der Waals surface area contributed by atoms with Crippen LogP contribution >= 0.6 is 0 Å². The van der Waals surface area contributed by atoms with Crippen molar-refractivity contribution >= 4 is 0 Å². The van der Waals surface area contributed by atoms with Crippen LogP contribution in [0.1, 0.15) is 36.6 Å². The van der Waals surface area contributed by atoms with Gasteiger partial charge >= 0.3 is 0 Å². The van der Waals surface area contributed by atoms with Crippen molar-refractivity contribution in [2.45, 2.75) is 45.4 Å². The molecule has 1 atom stereocenters. The summed E-state index contributed by atoms with van der Waals surface area (Å²) in [5, 5.41) is 16.0. The molecular formula is C33H39N3O4. The molecule has 4 aromatic rings. The third kappa shape index (κ3) is 7.30. The number of aromatic nitrogens is 2. The van der Waals surface area contributed by atoms with Gasteiger partial charge in [-0.25, -0.2) is 4.68 Å². The number of rotatable bonds is 15. The smallest absolute Gasteiger partial charge is 0.227 e. The first-order valence-corrected chi connectivity index (χ1v) is 14.1. The lowest BCUT2D eigenvalue weighted by Gasteiger charge is -2.25. The maximum Gasteiger partial charge on any atom is 0.227 e. The predicted molar refractivity (Wildman–Crippen MR) is 156 cm³/mol. The van der Waals surface area contributed by atoms with Crippen molar-refractivity contribution in [3.8, 4) is 23.1 Å². The maximum atomic E-state index is 11.0. The minimum atomic E-state index is -0.602. The van der Waals surface area contributed by atoms with Crippen LogP contribution in [0.15, 0.2) is 84.9 Å². The Labute approximate surface area is 236 Å². The first kappa shape index (κ1) is 27.9. The first-order chi connectivity index (χ1) is 19.6. The predicted octanol–water partition coefficient (Wildman–Crippen LogP) is 6.03. The zero-order valence-corrected chi connectivity index (χ0v) is 23.4. The van der Waals surface area contributed by atoms with Crippen molar-refractivity contribution in [2.75, 3.05) is 26.8 Å². The molecule has 3 aromatic carbocycles. The van der Waals surface area contributed by atoms with Gasteiger partial charge in [0.2, 0.25) is 5.88 Å². The Kier molecular flexibility index (Phi) is 9.50. The molecule has 1 saturated carbocycles. The molecular weight excluding hydrogens is 502 g/mol. The van der Waals surface area contributed by atoms with E-state index in [1.165, 1.54) is 12.8 Å². The van der Waals surface area contributed by atoms with E-state index in [4.69, 9.17) is 19.3 Å². The SMILES string of the molecule is CCc1nn(-c2ccccc2)c(Oc2ccccc2OC)c1CN(CC1CC1)C[C@@H](O)COCc1ccccc1. The van der Waals surface area contributed by atoms with E-state index >= 15 is 0 Å². The molecule has 40 heavy (non-hydrogen) atoms. The number of ether oxygens (including phenoxy) is 3. The normalized spacial score (nSPS) is 13.9. The molecule has 0 spiro atoms. The molecule has 0 unspecified atom stereocenters. The van der Waals surface area contributed by atoms with Gasteiger partial charge in [0, 0.05) is 19.6 Å². The Morgan fingerprint density at radius 1 is 0.950 bits per heavy atom. The number of hydrogen-bond donors (Lipinski definition) is 1. The van der Waals surface area contributed by atoms with Gasteiger partial charge in [-0.2, -0.15) is 5.10 Å². The van der Waals surface area contributed by atoms with Gasteiger partial charge < -0.3 is 19.3 Å². The van der Waals surface area contributed by atoms with Gasteiger partial charge in [0.15, 0.2) is 11.5 Å². The highest BCUT2D eigenvalue weighted by Gasteiger charge is 2.29. The second-order valence-corrected chi connectivity index (χ2v) is 10.4. The molecule has 7 nitrogen and oxygen atoms in total. The van der Waals surface area contributed by atoms with Gasteiger partial charge in [-0.05, 0) is 55.0 Å². The largest absolute Gasteiger partial charge is 0.493 e. The summed E-state index contributed by atoms with van der Waals surface area (Å²) >= 11 is 0. The molecule has 1 heterocycles. The number of aryl methyl sites for hydroxylation is 1. The van der Waals surface area contributed by atoms with Crippen LogP contribution in [-0.2, 0) is 24.3 Å². The van der Waals surface area contributed by atoms with Crippen LogP contribution < -0.4 is 9.47 Å². The zero-order valence-electron chi connectivity index (χ0n) is 23.4. The van der Waals surface area contributed by atoms with E-state index in [-0.39, 0.29) is 6.61 Å². The molecule has 1 aromatic heterocycles. The molecule has 0 amide bonds. The number of hydrogen-bond acceptors (Lipinski definition) is 6. The summed E-state index contributed by atoms with van der Waals surface area (Å²) in [6, 6.07) is 27.8. The van der Waals surface area contributed by atoms with E-state index in [1.54, 1.807) is 7.11 Å². The number of methoxy groups -OCH3 is 1. The van der Waals surface area contributed by atoms with Crippen molar-refractivity contribution in [1.82, 2.24) is 14.7 Å². The second-order valence-electron chi connectivity index (χ2n) is 10.4. The lowest BCUT2D eigenvalue weighted by molar-refractivity contribution is 0.00768. The highest BCUT2D eigenvalue weighted by atomic mass is 16.5. The molecule has 1 aliphatic rings. The zero-order chi connectivity index (χ0) is 27.7. The minimum absolute atomic E-state index is 0.282. The maximum absolute atomic E-state index is 11.0. The number of para-hydroxylation sites is 3. The average Bonchev–Trinajstić information content (AvgIpc) is 3.74. The Morgan fingerprint density at radius 2 is 1.62 bits per heavy atom. The Hall–Kier alpha value is -3.65. The van der Waals surface area contributed by atoms with Gasteiger partial charge in [0.25, 0.3) is 0 Å². The number of nitrogens with zero attached hydrogens (tertiary/aromatic N) is 3. The summed E-state index contributed by atoms with van der Waals surface area (Å²) in [6.07, 6.45) is 2.62. The number of aliphatic hydroxyl groups is 1. The molecule has 1 fully saturated rings. The Morgan fingerprint density at radius 3 is 2.30 bits per heavy atom. The van der Waals surface area contributed by atoms with Gasteiger partial charge in [0.05, 0.1) is 43.4 Å². The van der Waals surface area contributed by atoms with Crippen molar-refractivity contribution in [3.05, 3.63) is 102 Å². The summed E-state index contributed by atoms with van der Waals surface area (Å²) in [6.45, 7) is 4.94. The van der Waals surface area contributed by atoms with Crippen molar-refractivity contribution < 1.29 is 19.3 Å². The highest BCUT2D eigenvalue weighted by molar-refractivity contribution is 5.47. The van der Waals surface area contributed by atoms with Gasteiger partial charge in [-0.15, -0.1) is 0 Å². The molecule has 7 heteroatoms. The van der Waals surface area contributed by atoms with Crippen LogP contribution in [-0.4, -0.2) is 52.7 Å².